The highest BCUT2D eigenvalue weighted by molar-refractivity contribution is 9.39. The number of halogens is 6. The van der Waals surface area contributed by atoms with E-state index in [0.29, 0.717) is 22.5 Å². The van der Waals surface area contributed by atoms with Crippen LogP contribution in [0.1, 0.15) is 11.1 Å². The molecule has 0 fully saturated rings. The lowest BCUT2D eigenvalue weighted by Gasteiger charge is -2.23. The summed E-state index contributed by atoms with van der Waals surface area (Å²) in [5.74, 6) is 0. The van der Waals surface area contributed by atoms with Crippen molar-refractivity contribution in [1.29, 1.82) is 0 Å². The molecule has 4 nitrogen and oxygen atoms in total. The molecule has 136 valence electrons. The van der Waals surface area contributed by atoms with Gasteiger partial charge in [-0.1, -0.05) is 108 Å². The van der Waals surface area contributed by atoms with Gasteiger partial charge in [-0.15, -0.1) is 0 Å². The van der Waals surface area contributed by atoms with Crippen molar-refractivity contribution in [1.82, 2.24) is 0 Å². The van der Waals surface area contributed by atoms with E-state index in [9.17, 15) is 8.42 Å². The van der Waals surface area contributed by atoms with Gasteiger partial charge in [-0.2, -0.15) is 0 Å². The summed E-state index contributed by atoms with van der Waals surface area (Å²) in [5, 5.41) is 0. The van der Waals surface area contributed by atoms with Gasteiger partial charge >= 0.3 is 0 Å². The van der Waals surface area contributed by atoms with Crippen LogP contribution in [0.15, 0.2) is 46.2 Å². The number of benzene rings is 2. The molecule has 11 heteroatoms. The molecule has 0 radical (unpaired) electrons. The molecule has 0 aliphatic rings. The summed E-state index contributed by atoms with van der Waals surface area (Å²) < 4.78 is 24.9. The fourth-order valence-electron chi connectivity index (χ4n) is 2.27. The van der Waals surface area contributed by atoms with Gasteiger partial charge in [0, 0.05) is 22.5 Å². The number of rotatable bonds is 2. The fourth-order valence-corrected chi connectivity index (χ4v) is 7.54. The lowest BCUT2D eigenvalue weighted by Crippen LogP contribution is -2.17. The Labute approximate surface area is 196 Å². The first-order valence-corrected chi connectivity index (χ1v) is 12.7. The topological polar surface area (TPSA) is 86.2 Å². The molecule has 2 aromatic carbocycles. The Morgan fingerprint density at radius 1 is 0.680 bits per heavy atom. The molecule has 0 heterocycles. The van der Waals surface area contributed by atoms with Crippen LogP contribution >= 0.6 is 95.6 Å². The van der Waals surface area contributed by atoms with Crippen LogP contribution in [-0.4, -0.2) is 8.42 Å². The molecule has 2 rings (SSSR count). The van der Waals surface area contributed by atoms with E-state index in [4.69, 9.17) is 11.5 Å². The molecule has 0 atom stereocenters. The molecular weight excluding hydrogens is 740 g/mol. The van der Waals surface area contributed by atoms with Crippen molar-refractivity contribution < 1.29 is 8.42 Å². The normalized spacial score (nSPS) is 13.0. The van der Waals surface area contributed by atoms with Gasteiger partial charge in [-0.05, 0) is 24.3 Å². The third kappa shape index (κ3) is 4.65. The monoisotopic (exact) mass is 744 g/mol. The standard InChI is InChI=1S/C14H10Br6N2O2S/c15-13(16,17)11-7(21)3-1-5-9(11)25(23,24)10-6-2-4-8(22)12(10)14(18,19)20/h1-6H,21-22H2. The Morgan fingerprint density at radius 2 is 1.00 bits per heavy atom. The Kier molecular flexibility index (Phi) is 6.84. The van der Waals surface area contributed by atoms with Gasteiger partial charge in [0.15, 0.2) is 4.29 Å². The summed E-state index contributed by atoms with van der Waals surface area (Å²) in [5.41, 5.74) is 13.4. The number of alkyl halides is 6. The molecule has 0 saturated carbocycles. The fraction of sp³-hybridized carbons (Fsp3) is 0.143. The zero-order chi connectivity index (χ0) is 19.2. The summed E-state index contributed by atoms with van der Waals surface area (Å²) in [6, 6.07) is 9.39. The van der Waals surface area contributed by atoms with Crippen LogP contribution in [0.4, 0.5) is 11.4 Å². The number of hydrogen-bond donors (Lipinski definition) is 2. The molecule has 0 bridgehead atoms. The maximum atomic E-state index is 13.4. The van der Waals surface area contributed by atoms with Crippen molar-refractivity contribution in [3.05, 3.63) is 47.5 Å². The highest BCUT2D eigenvalue weighted by Crippen LogP contribution is 2.53. The highest BCUT2D eigenvalue weighted by Gasteiger charge is 2.37. The number of hydrogen-bond acceptors (Lipinski definition) is 4. The van der Waals surface area contributed by atoms with E-state index in [2.05, 4.69) is 95.6 Å². The molecule has 2 aromatic rings. The number of nitrogen functional groups attached to an aromatic ring is 2. The Bertz CT molecular complexity index is 850. The Morgan fingerprint density at radius 3 is 1.28 bits per heavy atom. The molecule has 0 amide bonds. The second kappa shape index (κ2) is 7.71. The minimum atomic E-state index is -3.95. The lowest BCUT2D eigenvalue weighted by atomic mass is 10.2. The predicted molar refractivity (Wildman–Crippen MR) is 124 cm³/mol. The first-order chi connectivity index (χ1) is 11.3. The van der Waals surface area contributed by atoms with Crippen molar-refractivity contribution >= 4 is 117 Å². The van der Waals surface area contributed by atoms with E-state index in [-0.39, 0.29) is 9.79 Å². The van der Waals surface area contributed by atoms with Gasteiger partial charge in [0.25, 0.3) is 0 Å². The lowest BCUT2D eigenvalue weighted by molar-refractivity contribution is 0.594. The SMILES string of the molecule is Nc1cccc(S(=O)(=O)c2cccc(N)c2C(Br)(Br)Br)c1C(Br)(Br)Br. The first-order valence-electron chi connectivity index (χ1n) is 6.44. The van der Waals surface area contributed by atoms with E-state index in [1.54, 1.807) is 24.3 Å². The number of anilines is 2. The van der Waals surface area contributed by atoms with Crippen LogP contribution in [-0.2, 0) is 14.1 Å². The van der Waals surface area contributed by atoms with E-state index >= 15 is 0 Å². The molecule has 25 heavy (non-hydrogen) atoms. The molecule has 0 saturated heterocycles. The summed E-state index contributed by atoms with van der Waals surface area (Å²) in [6.07, 6.45) is 0. The number of sulfone groups is 1. The summed E-state index contributed by atoms with van der Waals surface area (Å²) >= 11 is 20.2. The summed E-state index contributed by atoms with van der Waals surface area (Å²) in [4.78, 5) is 0.0865. The van der Waals surface area contributed by atoms with Gasteiger partial charge < -0.3 is 11.5 Å². The maximum Gasteiger partial charge on any atom is 0.207 e. The van der Waals surface area contributed by atoms with Crippen LogP contribution in [0, 0.1) is 0 Å². The third-order valence-electron chi connectivity index (χ3n) is 3.26. The van der Waals surface area contributed by atoms with Gasteiger partial charge in [-0.3, -0.25) is 0 Å². The molecule has 0 aromatic heterocycles. The van der Waals surface area contributed by atoms with Crippen molar-refractivity contribution in [2.24, 2.45) is 0 Å². The molecule has 0 unspecified atom stereocenters. The summed E-state index contributed by atoms with van der Waals surface area (Å²) in [6.45, 7) is 0. The van der Waals surface area contributed by atoms with E-state index in [1.165, 1.54) is 12.1 Å². The number of nitrogens with two attached hydrogens (primary N) is 2. The van der Waals surface area contributed by atoms with Crippen molar-refractivity contribution in [3.8, 4) is 0 Å². The second-order valence-electron chi connectivity index (χ2n) is 4.94. The largest absolute Gasteiger partial charge is 0.398 e. The highest BCUT2D eigenvalue weighted by atomic mass is 80.0. The average molecular weight is 750 g/mol. The van der Waals surface area contributed by atoms with E-state index in [0.717, 1.165) is 0 Å². The van der Waals surface area contributed by atoms with Gasteiger partial charge in [-0.25, -0.2) is 8.42 Å². The molecule has 4 N–H and O–H groups in total. The first kappa shape index (κ1) is 22.2. The maximum absolute atomic E-state index is 13.4. The average Bonchev–Trinajstić information content (AvgIpc) is 2.44. The molecule has 0 spiro atoms. The van der Waals surface area contributed by atoms with Crippen LogP contribution in [0.3, 0.4) is 0 Å². The van der Waals surface area contributed by atoms with Crippen molar-refractivity contribution in [3.63, 3.8) is 0 Å². The van der Waals surface area contributed by atoms with Crippen molar-refractivity contribution in [2.75, 3.05) is 11.5 Å². The van der Waals surface area contributed by atoms with Crippen LogP contribution in [0.25, 0.3) is 0 Å². The molecule has 0 aliphatic heterocycles. The smallest absolute Gasteiger partial charge is 0.207 e. The quantitative estimate of drug-likeness (QED) is 0.280. The predicted octanol–water partition coefficient (Wildman–Crippen LogP) is 6.27. The zero-order valence-corrected chi connectivity index (χ0v) is 22.4. The van der Waals surface area contributed by atoms with Crippen LogP contribution < -0.4 is 11.5 Å². The van der Waals surface area contributed by atoms with Crippen LogP contribution in [0.5, 0.6) is 0 Å². The second-order valence-corrected chi connectivity index (χ2v) is 20.3. The Balaban J connectivity index is 2.89. The van der Waals surface area contributed by atoms with Crippen LogP contribution in [0.2, 0.25) is 0 Å². The molecule has 0 aliphatic carbocycles. The van der Waals surface area contributed by atoms with E-state index in [1.807, 2.05) is 0 Å². The minimum Gasteiger partial charge on any atom is -0.398 e. The van der Waals surface area contributed by atoms with Gasteiger partial charge in [0.2, 0.25) is 9.84 Å². The summed E-state index contributed by atoms with van der Waals surface area (Å²) in [7, 11) is -3.95. The van der Waals surface area contributed by atoms with Gasteiger partial charge in [0.1, 0.15) is 0 Å². The van der Waals surface area contributed by atoms with Crippen molar-refractivity contribution in [2.45, 2.75) is 14.1 Å². The minimum absolute atomic E-state index is 0.0433. The van der Waals surface area contributed by atoms with E-state index < -0.39 is 14.1 Å². The molecular formula is C14H10Br6N2O2S. The third-order valence-corrected chi connectivity index (χ3v) is 7.48. The zero-order valence-electron chi connectivity index (χ0n) is 12.1. The van der Waals surface area contributed by atoms with Gasteiger partial charge in [0.05, 0.1) is 9.79 Å². The Hall–Kier alpha value is 0.870.